The predicted octanol–water partition coefficient (Wildman–Crippen LogP) is 4.69. The van der Waals surface area contributed by atoms with E-state index in [0.717, 1.165) is 36.4 Å². The van der Waals surface area contributed by atoms with Crippen LogP contribution in [0, 0.1) is 5.92 Å². The first-order chi connectivity index (χ1) is 14.5. The minimum Gasteiger partial charge on any atom is -0.494 e. The molecule has 0 saturated heterocycles. The maximum Gasteiger partial charge on any atom is 0.251 e. The van der Waals surface area contributed by atoms with Gasteiger partial charge in [-0.3, -0.25) is 9.59 Å². The van der Waals surface area contributed by atoms with Crippen LogP contribution in [0.2, 0.25) is 0 Å². The summed E-state index contributed by atoms with van der Waals surface area (Å²) in [6, 6.07) is 14.5. The molecule has 0 aliphatic carbocycles. The molecule has 6 heteroatoms. The van der Waals surface area contributed by atoms with Crippen LogP contribution in [0.5, 0.6) is 5.75 Å². The number of rotatable bonds is 12. The summed E-state index contributed by atoms with van der Waals surface area (Å²) in [6.07, 6.45) is 3.02. The third-order valence-electron chi connectivity index (χ3n) is 4.52. The molecule has 2 rings (SSSR count). The molecule has 0 heterocycles. The minimum absolute atomic E-state index is 0.0793. The number of amides is 2. The number of carbonyl (C=O) groups is 2. The first kappa shape index (κ1) is 23.3. The van der Waals surface area contributed by atoms with E-state index in [1.54, 1.807) is 24.3 Å². The van der Waals surface area contributed by atoms with Gasteiger partial charge >= 0.3 is 0 Å². The zero-order valence-electron chi connectivity index (χ0n) is 18.2. The van der Waals surface area contributed by atoms with Gasteiger partial charge in [0.05, 0.1) is 13.2 Å². The first-order valence-electron chi connectivity index (χ1n) is 10.6. The largest absolute Gasteiger partial charge is 0.494 e. The zero-order chi connectivity index (χ0) is 21.8. The van der Waals surface area contributed by atoms with Crippen molar-refractivity contribution in [1.82, 2.24) is 5.32 Å². The molecule has 0 spiro atoms. The molecule has 0 aliphatic rings. The van der Waals surface area contributed by atoms with Gasteiger partial charge in [0.25, 0.3) is 5.91 Å². The van der Waals surface area contributed by atoms with E-state index in [4.69, 9.17) is 4.74 Å². The van der Waals surface area contributed by atoms with Gasteiger partial charge in [-0.05, 0) is 67.3 Å². The van der Waals surface area contributed by atoms with E-state index in [9.17, 15) is 9.59 Å². The molecule has 0 atom stereocenters. The standard InChI is InChI=1S/C24H33N3O3/c1-4-5-15-25-24(29)19-6-8-20(9-7-19)26-17-23(28)27-21-10-12-22(13-11-21)30-16-14-18(2)3/h6-13,18,26H,4-5,14-17H2,1-3H3,(H,25,29)(H,27,28). The van der Waals surface area contributed by atoms with Crippen LogP contribution in [-0.4, -0.2) is 31.5 Å². The third kappa shape index (κ3) is 8.55. The van der Waals surface area contributed by atoms with E-state index in [1.807, 2.05) is 24.3 Å². The summed E-state index contributed by atoms with van der Waals surface area (Å²) >= 11 is 0. The van der Waals surface area contributed by atoms with Gasteiger partial charge in [-0.2, -0.15) is 0 Å². The maximum atomic E-state index is 12.2. The number of nitrogens with one attached hydrogen (secondary N) is 3. The molecule has 6 nitrogen and oxygen atoms in total. The van der Waals surface area contributed by atoms with Crippen molar-refractivity contribution in [3.63, 3.8) is 0 Å². The van der Waals surface area contributed by atoms with Crippen molar-refractivity contribution in [2.75, 3.05) is 30.3 Å². The van der Waals surface area contributed by atoms with Crippen LogP contribution in [0.4, 0.5) is 11.4 Å². The van der Waals surface area contributed by atoms with E-state index in [-0.39, 0.29) is 18.4 Å². The van der Waals surface area contributed by atoms with Gasteiger partial charge in [-0.15, -0.1) is 0 Å². The Morgan fingerprint density at radius 1 is 0.967 bits per heavy atom. The monoisotopic (exact) mass is 411 g/mol. The van der Waals surface area contributed by atoms with Crippen molar-refractivity contribution in [3.05, 3.63) is 54.1 Å². The Hall–Kier alpha value is -3.02. The van der Waals surface area contributed by atoms with Gasteiger partial charge in [-0.25, -0.2) is 0 Å². The van der Waals surface area contributed by atoms with E-state index < -0.39 is 0 Å². The molecule has 0 bridgehead atoms. The highest BCUT2D eigenvalue weighted by atomic mass is 16.5. The SMILES string of the molecule is CCCCNC(=O)c1ccc(NCC(=O)Nc2ccc(OCCC(C)C)cc2)cc1. The van der Waals surface area contributed by atoms with Gasteiger partial charge in [0, 0.05) is 23.5 Å². The molecule has 0 unspecified atom stereocenters. The quantitative estimate of drug-likeness (QED) is 0.443. The number of benzene rings is 2. The molecular weight excluding hydrogens is 378 g/mol. The highest BCUT2D eigenvalue weighted by Gasteiger charge is 2.06. The molecule has 0 aromatic heterocycles. The number of carbonyl (C=O) groups excluding carboxylic acids is 2. The minimum atomic E-state index is -0.148. The summed E-state index contributed by atoms with van der Waals surface area (Å²) in [5.41, 5.74) is 2.11. The topological polar surface area (TPSA) is 79.5 Å². The van der Waals surface area contributed by atoms with Crippen LogP contribution in [0.15, 0.2) is 48.5 Å². The van der Waals surface area contributed by atoms with Crippen molar-refractivity contribution in [2.24, 2.45) is 5.92 Å². The zero-order valence-corrected chi connectivity index (χ0v) is 18.2. The summed E-state index contributed by atoms with van der Waals surface area (Å²) in [6.45, 7) is 7.91. The molecule has 3 N–H and O–H groups in total. The van der Waals surface area contributed by atoms with Crippen LogP contribution in [-0.2, 0) is 4.79 Å². The molecule has 0 fully saturated rings. The van der Waals surface area contributed by atoms with E-state index in [2.05, 4.69) is 36.7 Å². The van der Waals surface area contributed by atoms with Gasteiger partial charge in [-0.1, -0.05) is 27.2 Å². The van der Waals surface area contributed by atoms with E-state index in [1.165, 1.54) is 0 Å². The van der Waals surface area contributed by atoms with Crippen molar-refractivity contribution in [3.8, 4) is 5.75 Å². The summed E-state index contributed by atoms with van der Waals surface area (Å²) in [4.78, 5) is 24.2. The predicted molar refractivity (Wildman–Crippen MR) is 122 cm³/mol. The second-order valence-corrected chi connectivity index (χ2v) is 7.64. The second-order valence-electron chi connectivity index (χ2n) is 7.64. The molecular formula is C24H33N3O3. The van der Waals surface area contributed by atoms with E-state index in [0.29, 0.717) is 24.6 Å². The van der Waals surface area contributed by atoms with Crippen molar-refractivity contribution in [1.29, 1.82) is 0 Å². The Bertz CT molecular complexity index is 786. The second kappa shape index (κ2) is 12.5. The van der Waals surface area contributed by atoms with Gasteiger partial charge < -0.3 is 20.7 Å². The van der Waals surface area contributed by atoms with Crippen LogP contribution in [0.3, 0.4) is 0 Å². The smallest absolute Gasteiger partial charge is 0.251 e. The molecule has 2 aromatic carbocycles. The fourth-order valence-electron chi connectivity index (χ4n) is 2.65. The molecule has 162 valence electrons. The molecule has 0 radical (unpaired) electrons. The molecule has 0 saturated carbocycles. The summed E-state index contributed by atoms with van der Waals surface area (Å²) in [5.74, 6) is 1.18. The Balaban J connectivity index is 1.74. The van der Waals surface area contributed by atoms with Gasteiger partial charge in [0.15, 0.2) is 0 Å². The number of hydrogen-bond donors (Lipinski definition) is 3. The normalized spacial score (nSPS) is 10.5. The van der Waals surface area contributed by atoms with Crippen molar-refractivity contribution < 1.29 is 14.3 Å². The number of anilines is 2. The van der Waals surface area contributed by atoms with Gasteiger partial charge in [0.2, 0.25) is 5.91 Å². The summed E-state index contributed by atoms with van der Waals surface area (Å²) in [7, 11) is 0. The molecule has 0 aliphatic heterocycles. The number of hydrogen-bond acceptors (Lipinski definition) is 4. The lowest BCUT2D eigenvalue weighted by molar-refractivity contribution is -0.114. The fraction of sp³-hybridized carbons (Fsp3) is 0.417. The van der Waals surface area contributed by atoms with Crippen molar-refractivity contribution >= 4 is 23.2 Å². The first-order valence-corrected chi connectivity index (χ1v) is 10.6. The lowest BCUT2D eigenvalue weighted by atomic mass is 10.1. The van der Waals surface area contributed by atoms with E-state index >= 15 is 0 Å². The Labute approximate surface area is 179 Å². The van der Waals surface area contributed by atoms with Crippen LogP contribution in [0.25, 0.3) is 0 Å². The van der Waals surface area contributed by atoms with Crippen molar-refractivity contribution in [2.45, 2.75) is 40.0 Å². The third-order valence-corrected chi connectivity index (χ3v) is 4.52. The Morgan fingerprint density at radius 2 is 1.63 bits per heavy atom. The highest BCUT2D eigenvalue weighted by Crippen LogP contribution is 2.16. The lowest BCUT2D eigenvalue weighted by Gasteiger charge is -2.10. The van der Waals surface area contributed by atoms with Crippen LogP contribution < -0.4 is 20.7 Å². The summed E-state index contributed by atoms with van der Waals surface area (Å²) < 4.78 is 5.68. The van der Waals surface area contributed by atoms with Crippen LogP contribution in [0.1, 0.15) is 50.4 Å². The highest BCUT2D eigenvalue weighted by molar-refractivity contribution is 5.95. The summed E-state index contributed by atoms with van der Waals surface area (Å²) in [5, 5.41) is 8.80. The average Bonchev–Trinajstić information content (AvgIpc) is 2.74. The Morgan fingerprint density at radius 3 is 2.27 bits per heavy atom. The molecule has 2 aromatic rings. The Kier molecular flexibility index (Phi) is 9.71. The fourth-order valence-corrected chi connectivity index (χ4v) is 2.65. The maximum absolute atomic E-state index is 12.2. The molecule has 2 amide bonds. The van der Waals surface area contributed by atoms with Gasteiger partial charge in [0.1, 0.15) is 5.75 Å². The molecule has 30 heavy (non-hydrogen) atoms. The lowest BCUT2D eigenvalue weighted by Crippen LogP contribution is -2.24. The van der Waals surface area contributed by atoms with Crippen LogP contribution >= 0.6 is 0 Å². The average molecular weight is 412 g/mol. The number of ether oxygens (including phenoxy) is 1. The number of unbranched alkanes of at least 4 members (excludes halogenated alkanes) is 1.